The molecule has 0 unspecified atom stereocenters. The first-order valence-electron chi connectivity index (χ1n) is 3.83. The number of unbranched alkanes of at least 4 members (excludes halogenated alkanes) is 1. The molecule has 0 rings (SSSR count). The third-order valence-electron chi connectivity index (χ3n) is 1.21. The fourth-order valence-electron chi connectivity index (χ4n) is 0.604. The van der Waals surface area contributed by atoms with Crippen molar-refractivity contribution in [2.45, 2.75) is 26.7 Å². The minimum atomic E-state index is 0.955. The summed E-state index contributed by atoms with van der Waals surface area (Å²) in [6.45, 7) is 7.47. The molecule has 0 aromatic carbocycles. The van der Waals surface area contributed by atoms with Crippen LogP contribution in [0.25, 0.3) is 0 Å². The molecule has 0 saturated heterocycles. The number of hydrogen-bond donors (Lipinski definition) is 2. The zero-order valence-electron chi connectivity index (χ0n) is 6.54. The van der Waals surface area contributed by atoms with Gasteiger partial charge in [-0.05, 0) is 19.5 Å². The number of nitrogens with one attached hydrogen (secondary N) is 2. The van der Waals surface area contributed by atoms with E-state index >= 15 is 0 Å². The van der Waals surface area contributed by atoms with E-state index < -0.39 is 0 Å². The van der Waals surface area contributed by atoms with Crippen LogP contribution in [0.3, 0.4) is 0 Å². The van der Waals surface area contributed by atoms with Gasteiger partial charge in [0.05, 0.1) is 0 Å². The molecular weight excluding hydrogens is 112 g/mol. The Morgan fingerprint density at radius 2 is 1.89 bits per heavy atom. The van der Waals surface area contributed by atoms with Crippen molar-refractivity contribution in [1.82, 2.24) is 10.6 Å². The van der Waals surface area contributed by atoms with Gasteiger partial charge in [0.2, 0.25) is 0 Å². The first-order valence-corrected chi connectivity index (χ1v) is 3.83. The molecule has 0 saturated carbocycles. The molecule has 0 aliphatic rings. The summed E-state index contributed by atoms with van der Waals surface area (Å²) in [6.07, 6.45) is 2.56. The molecule has 2 heteroatoms. The molecule has 0 spiro atoms. The molecule has 56 valence electrons. The van der Waals surface area contributed by atoms with E-state index in [1.54, 1.807) is 0 Å². The average Bonchev–Trinajstić information content (AvgIpc) is 1.89. The molecule has 0 fully saturated rings. The lowest BCUT2D eigenvalue weighted by molar-refractivity contribution is 0.578. The van der Waals surface area contributed by atoms with Crippen LogP contribution in [-0.2, 0) is 0 Å². The van der Waals surface area contributed by atoms with Gasteiger partial charge in [-0.15, -0.1) is 0 Å². The predicted molar refractivity (Wildman–Crippen MR) is 41.5 cm³/mol. The van der Waals surface area contributed by atoms with Gasteiger partial charge in [0.15, 0.2) is 0 Å². The highest BCUT2D eigenvalue weighted by Gasteiger charge is 1.81. The minimum Gasteiger partial charge on any atom is -0.305 e. The fraction of sp³-hybridized carbons (Fsp3) is 1.00. The highest BCUT2D eigenvalue weighted by atomic mass is 15.0. The summed E-state index contributed by atoms with van der Waals surface area (Å²) in [7, 11) is 0. The van der Waals surface area contributed by atoms with E-state index in [1.807, 2.05) is 0 Å². The summed E-state index contributed by atoms with van der Waals surface area (Å²) in [6, 6.07) is 0. The van der Waals surface area contributed by atoms with Crippen molar-refractivity contribution in [3.8, 4) is 0 Å². The van der Waals surface area contributed by atoms with Crippen molar-refractivity contribution in [2.75, 3.05) is 19.8 Å². The van der Waals surface area contributed by atoms with E-state index in [4.69, 9.17) is 0 Å². The molecule has 9 heavy (non-hydrogen) atoms. The Kier molecular flexibility index (Phi) is 7.85. The molecule has 0 atom stereocenters. The molecule has 0 aliphatic heterocycles. The second-order valence-electron chi connectivity index (χ2n) is 2.13. The molecule has 2 N–H and O–H groups in total. The summed E-state index contributed by atoms with van der Waals surface area (Å²) in [5, 5.41) is 6.47. The molecule has 0 aromatic rings. The van der Waals surface area contributed by atoms with Crippen LogP contribution in [0.2, 0.25) is 0 Å². The van der Waals surface area contributed by atoms with Crippen LogP contribution in [-0.4, -0.2) is 19.8 Å². The zero-order chi connectivity index (χ0) is 6.95. The van der Waals surface area contributed by atoms with E-state index in [0.29, 0.717) is 0 Å². The fourth-order valence-corrected chi connectivity index (χ4v) is 0.604. The van der Waals surface area contributed by atoms with Gasteiger partial charge in [-0.2, -0.15) is 0 Å². The van der Waals surface area contributed by atoms with Gasteiger partial charge in [0, 0.05) is 6.67 Å². The van der Waals surface area contributed by atoms with Crippen LogP contribution >= 0.6 is 0 Å². The van der Waals surface area contributed by atoms with E-state index in [2.05, 4.69) is 24.5 Å². The second kappa shape index (κ2) is 7.92. The van der Waals surface area contributed by atoms with Crippen molar-refractivity contribution >= 4 is 0 Å². The van der Waals surface area contributed by atoms with Crippen LogP contribution in [0, 0.1) is 0 Å². The Bertz CT molecular complexity index is 40.2. The van der Waals surface area contributed by atoms with Crippen LogP contribution in [0.1, 0.15) is 26.7 Å². The normalized spacial score (nSPS) is 10.0. The van der Waals surface area contributed by atoms with E-state index in [1.165, 1.54) is 12.8 Å². The summed E-state index contributed by atoms with van der Waals surface area (Å²) in [4.78, 5) is 0. The van der Waals surface area contributed by atoms with Crippen molar-refractivity contribution in [3.05, 3.63) is 0 Å². The molecule has 0 aromatic heterocycles. The third-order valence-corrected chi connectivity index (χ3v) is 1.21. The number of rotatable bonds is 6. The van der Waals surface area contributed by atoms with Crippen LogP contribution in [0.5, 0.6) is 0 Å². The van der Waals surface area contributed by atoms with E-state index in [0.717, 1.165) is 19.8 Å². The first-order chi connectivity index (χ1) is 4.41. The van der Waals surface area contributed by atoms with Gasteiger partial charge >= 0.3 is 0 Å². The summed E-state index contributed by atoms with van der Waals surface area (Å²) in [5.41, 5.74) is 0. The minimum absolute atomic E-state index is 0.955. The van der Waals surface area contributed by atoms with E-state index in [9.17, 15) is 0 Å². The van der Waals surface area contributed by atoms with Crippen molar-refractivity contribution < 1.29 is 0 Å². The Morgan fingerprint density at radius 1 is 1.11 bits per heavy atom. The van der Waals surface area contributed by atoms with Crippen molar-refractivity contribution in [2.24, 2.45) is 0 Å². The van der Waals surface area contributed by atoms with Gasteiger partial charge < -0.3 is 10.6 Å². The molecule has 0 heterocycles. The topological polar surface area (TPSA) is 24.1 Å². The van der Waals surface area contributed by atoms with Gasteiger partial charge in [0.1, 0.15) is 0 Å². The maximum Gasteiger partial charge on any atom is 0.0454 e. The second-order valence-corrected chi connectivity index (χ2v) is 2.13. The van der Waals surface area contributed by atoms with Gasteiger partial charge in [-0.1, -0.05) is 20.3 Å². The average molecular weight is 130 g/mol. The SMILES string of the molecule is CCCCNCNCC. The number of hydrogen-bond acceptors (Lipinski definition) is 2. The van der Waals surface area contributed by atoms with Crippen LogP contribution in [0.4, 0.5) is 0 Å². The lowest BCUT2D eigenvalue weighted by atomic mass is 10.3. The molecular formula is C7H18N2. The van der Waals surface area contributed by atoms with Crippen LogP contribution in [0.15, 0.2) is 0 Å². The maximum atomic E-state index is 3.28. The zero-order valence-corrected chi connectivity index (χ0v) is 6.54. The Morgan fingerprint density at radius 3 is 2.44 bits per heavy atom. The molecule has 2 nitrogen and oxygen atoms in total. The smallest absolute Gasteiger partial charge is 0.0454 e. The quantitative estimate of drug-likeness (QED) is 0.413. The highest BCUT2D eigenvalue weighted by Crippen LogP contribution is 1.80. The van der Waals surface area contributed by atoms with Gasteiger partial charge in [0.25, 0.3) is 0 Å². The van der Waals surface area contributed by atoms with Crippen molar-refractivity contribution in [3.63, 3.8) is 0 Å². The highest BCUT2D eigenvalue weighted by molar-refractivity contribution is 4.43. The standard InChI is InChI=1S/C7H18N2/c1-3-5-6-9-7-8-4-2/h8-9H,3-7H2,1-2H3. The summed E-state index contributed by atoms with van der Waals surface area (Å²) in [5.74, 6) is 0. The van der Waals surface area contributed by atoms with E-state index in [-0.39, 0.29) is 0 Å². The Labute approximate surface area is 58.0 Å². The van der Waals surface area contributed by atoms with Crippen LogP contribution < -0.4 is 10.6 Å². The molecule has 0 radical (unpaired) electrons. The van der Waals surface area contributed by atoms with Gasteiger partial charge in [-0.25, -0.2) is 0 Å². The summed E-state index contributed by atoms with van der Waals surface area (Å²) < 4.78 is 0. The maximum absolute atomic E-state index is 3.28. The third kappa shape index (κ3) is 7.92. The van der Waals surface area contributed by atoms with Crippen molar-refractivity contribution in [1.29, 1.82) is 0 Å². The largest absolute Gasteiger partial charge is 0.305 e. The predicted octanol–water partition coefficient (Wildman–Crippen LogP) is 0.943. The molecule has 0 bridgehead atoms. The monoisotopic (exact) mass is 130 g/mol. The molecule has 0 aliphatic carbocycles. The Hall–Kier alpha value is -0.0800. The van der Waals surface area contributed by atoms with Gasteiger partial charge in [-0.3, -0.25) is 0 Å². The lowest BCUT2D eigenvalue weighted by Gasteiger charge is -2.02. The molecule has 0 amide bonds. The first kappa shape index (κ1) is 8.92. The Balaban J connectivity index is 2.60. The lowest BCUT2D eigenvalue weighted by Crippen LogP contribution is -2.29. The summed E-state index contributed by atoms with van der Waals surface area (Å²) >= 11 is 0.